The first kappa shape index (κ1) is 101. The molecule has 8 aromatic rings. The lowest BCUT2D eigenvalue weighted by Gasteiger charge is -2.27. The maximum absolute atomic E-state index is 13.6. The molecule has 6 N–H and O–H groups in total. The van der Waals surface area contributed by atoms with E-state index in [9.17, 15) is 72.2 Å². The van der Waals surface area contributed by atoms with E-state index in [0.717, 1.165) is 67.8 Å². The maximum atomic E-state index is 13.6. The van der Waals surface area contributed by atoms with Crippen molar-refractivity contribution in [1.82, 2.24) is 65.9 Å². The van der Waals surface area contributed by atoms with Gasteiger partial charge in [-0.3, -0.25) is 102 Å². The van der Waals surface area contributed by atoms with Crippen LogP contribution in [0.2, 0.25) is 10.0 Å². The smallest absolute Gasteiger partial charge is 0.346 e. The molecule has 4 aromatic heterocycles. The number of carbonyl (C=O) groups excluding carboxylic acids is 13. The number of hydrogen-bond donors (Lipinski definition) is 6. The molecule has 135 heavy (non-hydrogen) atoms. The number of nitrogens with zero attached hydrogens (tertiary/aromatic N) is 10. The molecule has 11 amide bonds. The summed E-state index contributed by atoms with van der Waals surface area (Å²) in [5.41, 5.74) is 5.54. The molecular formula is C91H101Cl2N15O25S2. The third kappa shape index (κ3) is 25.1. The van der Waals surface area contributed by atoms with Crippen molar-refractivity contribution in [2.45, 2.75) is 129 Å². The summed E-state index contributed by atoms with van der Waals surface area (Å²) in [5.74, 6) is -5.80. The normalized spacial score (nSPS) is 16.3. The second-order valence-electron chi connectivity index (χ2n) is 31.1. The van der Waals surface area contributed by atoms with Gasteiger partial charge >= 0.3 is 17.9 Å². The van der Waals surface area contributed by atoms with Gasteiger partial charge in [-0.25, -0.2) is 4.79 Å². The van der Waals surface area contributed by atoms with E-state index in [1.165, 1.54) is 62.0 Å². The van der Waals surface area contributed by atoms with Crippen LogP contribution in [0.1, 0.15) is 207 Å². The van der Waals surface area contributed by atoms with Gasteiger partial charge in [0.25, 0.3) is 41.4 Å². The molecular weight excluding hydrogens is 1840 g/mol. The molecule has 14 rings (SSSR count). The Bertz CT molecular complexity index is 5830. The number of thiophene rings is 2. The van der Waals surface area contributed by atoms with E-state index in [1.54, 1.807) is 42.7 Å². The topological polar surface area (TPSA) is 504 Å². The van der Waals surface area contributed by atoms with Crippen LogP contribution in [0.4, 0.5) is 0 Å². The fourth-order valence-electron chi connectivity index (χ4n) is 15.1. The monoisotopic (exact) mass is 1940 g/mol. The minimum atomic E-state index is -1.11. The molecule has 0 radical (unpaired) electrons. The molecule has 6 aliphatic rings. The number of aromatic nitrogens is 6. The summed E-state index contributed by atoms with van der Waals surface area (Å²) in [6, 6.07) is 19.7. The SMILES string of the molecule is CCCCOCCOCCOCCCNC(=O)COc1cccc2c1C(=O)N(C1CCC(=O)NC1=O)C2=O.COC(=O)C[C@H]1N=C(c2ccc(Cl)cc2)c2c(sc(C(=O)NCCCOCCOCCOCCCNC(=O)COc3cccc4c3C(=O)N(C3CCC(=O)NC3=O)C4=O)c2C)-n2c(C)nnc21.COC(=O)C[C@H]1N=C(c2ccc(Cl)cc2)c2c(sc(C(=O)O)c2C)-n2c(C)nnc21. The minimum absolute atomic E-state index is 0.00120. The van der Waals surface area contributed by atoms with Gasteiger partial charge in [-0.2, -0.15) is 0 Å². The molecule has 2 unspecified atom stereocenters. The van der Waals surface area contributed by atoms with E-state index in [1.807, 2.05) is 42.7 Å². The van der Waals surface area contributed by atoms with Crippen LogP contribution < -0.4 is 36.1 Å². The van der Waals surface area contributed by atoms with Crippen LogP contribution in [0.15, 0.2) is 94.9 Å². The molecule has 0 saturated carbocycles. The second kappa shape index (κ2) is 48.4. The van der Waals surface area contributed by atoms with E-state index < -0.39 is 108 Å². The number of unbranched alkanes of at least 4 members (excludes halogenated alkanes) is 1. The van der Waals surface area contributed by atoms with Crippen LogP contribution in [0.5, 0.6) is 11.5 Å². The van der Waals surface area contributed by atoms with Gasteiger partial charge in [0.05, 0.1) is 118 Å². The number of nitrogens with one attached hydrogen (secondary N) is 5. The van der Waals surface area contributed by atoms with Crippen LogP contribution in [0.3, 0.4) is 0 Å². The lowest BCUT2D eigenvalue weighted by Crippen LogP contribution is -2.54. The summed E-state index contributed by atoms with van der Waals surface area (Å²) in [4.78, 5) is 187. The Morgan fingerprint density at radius 1 is 0.467 bits per heavy atom. The van der Waals surface area contributed by atoms with Crippen molar-refractivity contribution >= 4 is 140 Å². The molecule has 0 bridgehead atoms. The zero-order chi connectivity index (χ0) is 96.5. The van der Waals surface area contributed by atoms with E-state index in [0.29, 0.717) is 177 Å². The average molecular weight is 1940 g/mol. The third-order valence-electron chi connectivity index (χ3n) is 21.8. The molecule has 716 valence electrons. The Balaban J connectivity index is 0.000000202. The number of esters is 2. The number of halogens is 2. The number of rotatable bonds is 43. The zero-order valence-corrected chi connectivity index (χ0v) is 78.1. The van der Waals surface area contributed by atoms with Crippen molar-refractivity contribution < 1.29 is 120 Å². The fourth-order valence-corrected chi connectivity index (χ4v) is 17.9. The van der Waals surface area contributed by atoms with Crippen molar-refractivity contribution in [2.75, 3.05) is 126 Å². The molecule has 44 heteroatoms. The van der Waals surface area contributed by atoms with E-state index in [-0.39, 0.29) is 89.7 Å². The average Bonchev–Trinajstić information content (AvgIpc) is 1.59. The van der Waals surface area contributed by atoms with Crippen LogP contribution in [-0.4, -0.2) is 277 Å². The highest BCUT2D eigenvalue weighted by Gasteiger charge is 2.49. The number of hydrogen-bond acceptors (Lipinski definition) is 32. The standard InChI is InChI=1S/C45H49ClN8O12S.C26H35N3O9.C20H17ClN4O4S/c1-25-36-38(27-9-11-28(46)12-10-27)49-30(23-35(57)62-3)40-52-51-26(2)53(40)45(36)67-39(25)42(59)48-16-6-18-64-20-22-65-21-19-63-17-5-15-47-34(56)24-66-32-8-4-7-29-37(32)44(61)54(43(29)60)31-13-14-33(55)50-41(31)58;1-2-3-11-35-13-15-37-16-14-36-12-5-10-27-22(31)17-38-20-7-4-6-18-23(20)26(34)29(25(18)33)19-8-9-21(30)28-24(19)32;1-9-15-16(11-4-6-12(21)7-5-11)22-13(8-14(26)29-3)18-24-23-10(2)25(18)19(15)30-17(9)20(27)28/h4,7-12,30-31H,5-6,13-24H2,1-3H3,(H,47,56)(H,48,59)(H,50,55,58);4,6-7,19H,2-3,5,8-17H2,1H3,(H,27,31)(H,28,30,32);4-7,13H,8H2,1-3H3,(H,27,28)/t30-,31?;;13-/m1.1/s1. The number of aliphatic imine (C=N–C) groups is 2. The van der Waals surface area contributed by atoms with Gasteiger partial charge in [-0.15, -0.1) is 43.1 Å². The highest BCUT2D eigenvalue weighted by molar-refractivity contribution is 7.17. The first-order chi connectivity index (χ1) is 65.1. The summed E-state index contributed by atoms with van der Waals surface area (Å²) in [6.45, 7) is 15.0. The Hall–Kier alpha value is -12.8. The van der Waals surface area contributed by atoms with Gasteiger partial charge in [0, 0.05) is 91.2 Å². The summed E-state index contributed by atoms with van der Waals surface area (Å²) >= 11 is 14.7. The third-order valence-corrected chi connectivity index (χ3v) is 24.9. The van der Waals surface area contributed by atoms with E-state index in [4.69, 9.17) is 80.6 Å². The summed E-state index contributed by atoms with van der Waals surface area (Å²) < 4.78 is 57.7. The van der Waals surface area contributed by atoms with Gasteiger partial charge < -0.3 is 68.4 Å². The largest absolute Gasteiger partial charge is 0.483 e. The number of benzene rings is 4. The Morgan fingerprint density at radius 2 is 0.837 bits per heavy atom. The number of carboxylic acid groups (broad SMARTS) is 1. The molecule has 6 aliphatic heterocycles. The number of aromatic carboxylic acids is 1. The lowest BCUT2D eigenvalue weighted by atomic mass is 9.99. The predicted molar refractivity (Wildman–Crippen MR) is 487 cm³/mol. The predicted octanol–water partition coefficient (Wildman–Crippen LogP) is 7.79. The molecule has 2 fully saturated rings. The molecule has 10 heterocycles. The number of piperidine rings is 2. The summed E-state index contributed by atoms with van der Waals surface area (Å²) in [5, 5.41) is 42.0. The first-order valence-electron chi connectivity index (χ1n) is 43.5. The summed E-state index contributed by atoms with van der Waals surface area (Å²) in [7, 11) is 2.64. The van der Waals surface area contributed by atoms with Crippen molar-refractivity contribution in [3.63, 3.8) is 0 Å². The van der Waals surface area contributed by atoms with Crippen molar-refractivity contribution in [3.05, 3.63) is 184 Å². The van der Waals surface area contributed by atoms with Crippen molar-refractivity contribution in [2.24, 2.45) is 9.98 Å². The van der Waals surface area contributed by atoms with Gasteiger partial charge in [0.2, 0.25) is 23.6 Å². The van der Waals surface area contributed by atoms with Crippen molar-refractivity contribution in [1.29, 1.82) is 0 Å². The van der Waals surface area contributed by atoms with Gasteiger partial charge in [0.15, 0.2) is 24.9 Å². The van der Waals surface area contributed by atoms with E-state index in [2.05, 4.69) is 53.9 Å². The number of methoxy groups -OCH3 is 2. The number of imide groups is 4. The number of ether oxygens (including phenoxy) is 10. The molecule has 40 nitrogen and oxygen atoms in total. The van der Waals surface area contributed by atoms with Crippen LogP contribution in [0.25, 0.3) is 10.0 Å². The Kier molecular flexibility index (Phi) is 36.3. The molecule has 0 spiro atoms. The van der Waals surface area contributed by atoms with Crippen LogP contribution in [0, 0.1) is 27.7 Å². The fraction of sp³-hybridized carbons (Fsp3) is 0.429. The molecule has 4 atom stereocenters. The maximum Gasteiger partial charge on any atom is 0.346 e. The number of aryl methyl sites for hydroxylation is 2. The summed E-state index contributed by atoms with van der Waals surface area (Å²) in [6.07, 6.45) is 3.89. The van der Waals surface area contributed by atoms with Gasteiger partial charge in [-0.1, -0.05) is 72.9 Å². The van der Waals surface area contributed by atoms with E-state index >= 15 is 0 Å². The Labute approximate surface area is 792 Å². The number of carboxylic acids is 1. The van der Waals surface area contributed by atoms with Crippen LogP contribution >= 0.6 is 45.9 Å². The quantitative estimate of drug-likeness (QED) is 0.0121. The zero-order valence-electron chi connectivity index (χ0n) is 75.0. The Morgan fingerprint density at radius 3 is 1.21 bits per heavy atom. The second-order valence-corrected chi connectivity index (χ2v) is 34.0. The van der Waals surface area contributed by atoms with Gasteiger partial charge in [0.1, 0.15) is 62.2 Å². The highest BCUT2D eigenvalue weighted by atomic mass is 35.5. The first-order valence-corrected chi connectivity index (χ1v) is 45.9. The minimum Gasteiger partial charge on any atom is -0.483 e. The molecule has 2 saturated heterocycles. The molecule has 0 aliphatic carbocycles. The number of carbonyl (C=O) groups is 14. The van der Waals surface area contributed by atoms with Gasteiger partial charge in [-0.05, 0) is 126 Å². The highest BCUT2D eigenvalue weighted by Crippen LogP contribution is 2.44. The molecule has 4 aromatic carbocycles. The number of fused-ring (bicyclic) bond motifs is 8. The lowest BCUT2D eigenvalue weighted by molar-refractivity contribution is -0.142. The number of amides is 11. The van der Waals surface area contributed by atoms with Crippen molar-refractivity contribution in [3.8, 4) is 21.5 Å². The van der Waals surface area contributed by atoms with Crippen LogP contribution in [-0.2, 0) is 76.3 Å².